The van der Waals surface area contributed by atoms with Crippen LogP contribution in [0.25, 0.3) is 0 Å². The third-order valence-corrected chi connectivity index (χ3v) is 8.25. The van der Waals surface area contributed by atoms with Crippen LogP contribution in [0.2, 0.25) is 0 Å². The highest BCUT2D eigenvalue weighted by Gasteiger charge is 2.25. The summed E-state index contributed by atoms with van der Waals surface area (Å²) in [7, 11) is -4.40. The van der Waals surface area contributed by atoms with E-state index in [1.54, 1.807) is 0 Å². The number of unbranched alkanes of at least 4 members (excludes halogenated alkanes) is 7. The number of carbonyl (C=O) groups is 2. The minimum Gasteiger partial charge on any atom is -0.462 e. The quantitative estimate of drug-likeness (QED) is 0.0287. The van der Waals surface area contributed by atoms with Crippen LogP contribution < -0.4 is 5.73 Å². The second-order valence-electron chi connectivity index (χ2n) is 12.1. The van der Waals surface area contributed by atoms with Crippen molar-refractivity contribution in [2.45, 2.75) is 136 Å². The van der Waals surface area contributed by atoms with E-state index in [4.69, 9.17) is 24.3 Å². The lowest BCUT2D eigenvalue weighted by Crippen LogP contribution is -2.29. The summed E-state index contributed by atoms with van der Waals surface area (Å²) in [5.41, 5.74) is 5.32. The number of carbonyl (C=O) groups excluding carboxylic acids is 2. The number of hydrogen-bond acceptors (Lipinski definition) is 8. The summed E-state index contributed by atoms with van der Waals surface area (Å²) in [4.78, 5) is 34.7. The molecule has 2 atom stereocenters. The lowest BCUT2D eigenvalue weighted by atomic mass is 10.1. The Morgan fingerprint density at radius 2 is 1.06 bits per heavy atom. The minimum absolute atomic E-state index is 0.0365. The maximum absolute atomic E-state index is 12.5. The highest BCUT2D eigenvalue weighted by Crippen LogP contribution is 2.43. The fourth-order valence-electron chi connectivity index (χ4n) is 4.45. The molecule has 0 aromatic carbocycles. The van der Waals surface area contributed by atoms with Gasteiger partial charge < -0.3 is 20.1 Å². The van der Waals surface area contributed by atoms with Crippen LogP contribution in [0.1, 0.15) is 129 Å². The highest BCUT2D eigenvalue weighted by molar-refractivity contribution is 7.47. The summed E-state index contributed by atoms with van der Waals surface area (Å²) >= 11 is 0. The Morgan fingerprint density at radius 1 is 0.608 bits per heavy atom. The van der Waals surface area contributed by atoms with Gasteiger partial charge in [-0.1, -0.05) is 112 Å². The zero-order valence-corrected chi connectivity index (χ0v) is 32.4. The van der Waals surface area contributed by atoms with Gasteiger partial charge in [-0.15, -0.1) is 0 Å². The molecule has 0 spiro atoms. The van der Waals surface area contributed by atoms with Crippen LogP contribution in [0, 0.1) is 0 Å². The number of phosphoric ester groups is 1. The number of hydrogen-bond donors (Lipinski definition) is 2. The van der Waals surface area contributed by atoms with Crippen LogP contribution in [0.3, 0.4) is 0 Å². The Morgan fingerprint density at radius 3 is 1.53 bits per heavy atom. The largest absolute Gasteiger partial charge is 0.472 e. The fourth-order valence-corrected chi connectivity index (χ4v) is 5.22. The summed E-state index contributed by atoms with van der Waals surface area (Å²) < 4.78 is 32.6. The van der Waals surface area contributed by atoms with Gasteiger partial charge in [0.05, 0.1) is 13.2 Å². The average Bonchev–Trinajstić information content (AvgIpc) is 3.11. The maximum Gasteiger partial charge on any atom is 0.472 e. The standard InChI is InChI=1S/C41H68NO8P/c1-3-5-7-9-11-13-15-17-19-21-23-25-27-29-31-33-40(43)47-37-39(38-49-51(45,46)48-36-35-42)50-41(44)34-32-30-28-26-24-22-20-18-16-14-12-10-8-6-4-2/h6,8,11-14,17-20,23-26,39H,3-5,7,9-10,15-16,21-22,27-38,42H2,1-2H3,(H,45,46)/b8-6-,13-11-,14-12-,19-17-,20-18-,25-23-,26-24-/t39-/m1/s1. The van der Waals surface area contributed by atoms with E-state index in [2.05, 4.69) is 98.9 Å². The number of ether oxygens (including phenoxy) is 2. The van der Waals surface area contributed by atoms with Gasteiger partial charge in [0.15, 0.2) is 6.10 Å². The van der Waals surface area contributed by atoms with E-state index < -0.39 is 32.5 Å². The van der Waals surface area contributed by atoms with Crippen molar-refractivity contribution in [3.05, 3.63) is 85.1 Å². The fraction of sp³-hybridized carbons (Fsp3) is 0.610. The zero-order valence-electron chi connectivity index (χ0n) is 31.5. The predicted molar refractivity (Wildman–Crippen MR) is 210 cm³/mol. The molecule has 51 heavy (non-hydrogen) atoms. The van der Waals surface area contributed by atoms with Gasteiger partial charge in [0.2, 0.25) is 0 Å². The molecule has 9 nitrogen and oxygen atoms in total. The highest BCUT2D eigenvalue weighted by atomic mass is 31.2. The summed E-state index contributed by atoms with van der Waals surface area (Å²) in [5, 5.41) is 0. The molecule has 0 saturated heterocycles. The third-order valence-electron chi connectivity index (χ3n) is 7.27. The van der Waals surface area contributed by atoms with Crippen LogP contribution in [-0.2, 0) is 32.7 Å². The maximum atomic E-state index is 12.5. The lowest BCUT2D eigenvalue weighted by molar-refractivity contribution is -0.161. The van der Waals surface area contributed by atoms with Gasteiger partial charge in [0.25, 0.3) is 0 Å². The molecule has 0 saturated carbocycles. The third kappa shape index (κ3) is 36.8. The predicted octanol–water partition coefficient (Wildman–Crippen LogP) is 10.5. The first-order chi connectivity index (χ1) is 24.8. The first-order valence-corrected chi connectivity index (χ1v) is 20.6. The van der Waals surface area contributed by atoms with Crippen molar-refractivity contribution in [1.82, 2.24) is 0 Å². The number of allylic oxidation sites excluding steroid dienone is 14. The Bertz CT molecular complexity index is 1110. The molecule has 3 N–H and O–H groups in total. The molecule has 0 aliphatic carbocycles. The normalized spacial score (nSPS) is 14.4. The molecule has 0 aliphatic rings. The van der Waals surface area contributed by atoms with E-state index in [1.807, 2.05) is 0 Å². The molecule has 0 amide bonds. The second kappa shape index (κ2) is 37.0. The van der Waals surface area contributed by atoms with Crippen LogP contribution >= 0.6 is 7.82 Å². The molecular formula is C41H68NO8P. The van der Waals surface area contributed by atoms with Crippen molar-refractivity contribution >= 4 is 19.8 Å². The number of nitrogens with two attached hydrogens (primary N) is 1. The topological polar surface area (TPSA) is 134 Å². The first-order valence-electron chi connectivity index (χ1n) is 19.1. The van der Waals surface area contributed by atoms with Gasteiger partial charge in [0, 0.05) is 19.4 Å². The molecule has 0 aliphatic heterocycles. The molecule has 0 aromatic rings. The Labute approximate surface area is 309 Å². The van der Waals surface area contributed by atoms with Gasteiger partial charge >= 0.3 is 19.8 Å². The molecule has 0 bridgehead atoms. The van der Waals surface area contributed by atoms with E-state index in [0.29, 0.717) is 12.8 Å². The first kappa shape index (κ1) is 48.2. The molecule has 0 fully saturated rings. The molecular weight excluding hydrogens is 665 g/mol. The van der Waals surface area contributed by atoms with Crippen molar-refractivity contribution in [3.8, 4) is 0 Å². The van der Waals surface area contributed by atoms with Crippen molar-refractivity contribution in [1.29, 1.82) is 0 Å². The van der Waals surface area contributed by atoms with Crippen LogP contribution in [-0.4, -0.2) is 49.3 Å². The van der Waals surface area contributed by atoms with E-state index >= 15 is 0 Å². The Kier molecular flexibility index (Phi) is 34.9. The Balaban J connectivity index is 4.40. The van der Waals surface area contributed by atoms with Crippen molar-refractivity contribution in [2.24, 2.45) is 5.73 Å². The Hall–Kier alpha value is -2.81. The van der Waals surface area contributed by atoms with Gasteiger partial charge in [-0.05, 0) is 89.9 Å². The van der Waals surface area contributed by atoms with Crippen LogP contribution in [0.4, 0.5) is 0 Å². The second-order valence-corrected chi connectivity index (χ2v) is 13.5. The monoisotopic (exact) mass is 733 g/mol. The SMILES string of the molecule is CC/C=C\C/C=C\C/C=C\C/C=C\CCCCC(=O)O[C@H](COC(=O)CCCC/C=C\C/C=C\C/C=C\CCCCC)COP(=O)(O)OCCN. The van der Waals surface area contributed by atoms with Crippen molar-refractivity contribution < 1.29 is 37.6 Å². The summed E-state index contributed by atoms with van der Waals surface area (Å²) in [6, 6.07) is 0. The van der Waals surface area contributed by atoms with Gasteiger partial charge in [0.1, 0.15) is 6.61 Å². The van der Waals surface area contributed by atoms with Crippen LogP contribution in [0.5, 0.6) is 0 Å². The van der Waals surface area contributed by atoms with E-state index in [9.17, 15) is 19.0 Å². The molecule has 290 valence electrons. The summed E-state index contributed by atoms with van der Waals surface area (Å²) in [5.74, 6) is -0.934. The lowest BCUT2D eigenvalue weighted by Gasteiger charge is -2.19. The minimum atomic E-state index is -4.40. The molecule has 0 rings (SSSR count). The molecule has 0 aromatic heterocycles. The van der Waals surface area contributed by atoms with Crippen LogP contribution in [0.15, 0.2) is 85.1 Å². The summed E-state index contributed by atoms with van der Waals surface area (Å²) in [6.45, 7) is 3.45. The molecule has 10 heteroatoms. The number of rotatable bonds is 34. The number of phosphoric acid groups is 1. The van der Waals surface area contributed by atoms with E-state index in [-0.39, 0.29) is 32.6 Å². The molecule has 0 radical (unpaired) electrons. The van der Waals surface area contributed by atoms with Crippen molar-refractivity contribution in [2.75, 3.05) is 26.4 Å². The zero-order chi connectivity index (χ0) is 37.5. The molecule has 0 heterocycles. The van der Waals surface area contributed by atoms with Gasteiger partial charge in [-0.3, -0.25) is 18.6 Å². The average molecular weight is 734 g/mol. The smallest absolute Gasteiger partial charge is 0.462 e. The van der Waals surface area contributed by atoms with E-state index in [0.717, 1.165) is 70.6 Å². The van der Waals surface area contributed by atoms with Gasteiger partial charge in [-0.2, -0.15) is 0 Å². The summed E-state index contributed by atoms with van der Waals surface area (Å²) in [6.07, 6.45) is 44.8. The van der Waals surface area contributed by atoms with E-state index in [1.165, 1.54) is 19.3 Å². The number of esters is 2. The molecule has 1 unspecified atom stereocenters. The van der Waals surface area contributed by atoms with Gasteiger partial charge in [-0.25, -0.2) is 4.57 Å². The van der Waals surface area contributed by atoms with Crippen molar-refractivity contribution in [3.63, 3.8) is 0 Å².